The van der Waals surface area contributed by atoms with E-state index in [0.717, 1.165) is 6.42 Å². The van der Waals surface area contributed by atoms with Gasteiger partial charge in [-0.05, 0) is 55.0 Å². The van der Waals surface area contributed by atoms with Crippen LogP contribution in [-0.2, 0) is 4.79 Å². The lowest BCUT2D eigenvalue weighted by Crippen LogP contribution is -2.16. The minimum Gasteiger partial charge on any atom is -0.497 e. The molecule has 24 heavy (non-hydrogen) atoms. The second-order valence-corrected chi connectivity index (χ2v) is 5.32. The topological polar surface area (TPSA) is 61.8 Å². The van der Waals surface area contributed by atoms with Crippen molar-refractivity contribution in [3.63, 3.8) is 0 Å². The van der Waals surface area contributed by atoms with Crippen LogP contribution >= 0.6 is 0 Å². The van der Waals surface area contributed by atoms with E-state index < -0.39 is 5.97 Å². The van der Waals surface area contributed by atoms with Gasteiger partial charge in [0.15, 0.2) is 0 Å². The van der Waals surface area contributed by atoms with Crippen molar-refractivity contribution < 1.29 is 23.8 Å². The molecule has 0 aliphatic heterocycles. The fourth-order valence-electron chi connectivity index (χ4n) is 1.85. The number of hydrogen-bond donors (Lipinski definition) is 0. The van der Waals surface area contributed by atoms with Gasteiger partial charge in [-0.2, -0.15) is 0 Å². The quantitative estimate of drug-likeness (QED) is 0.595. The summed E-state index contributed by atoms with van der Waals surface area (Å²) >= 11 is 0. The second kappa shape index (κ2) is 8.15. The van der Waals surface area contributed by atoms with Gasteiger partial charge >= 0.3 is 11.9 Å². The van der Waals surface area contributed by atoms with Crippen LogP contribution in [0.1, 0.15) is 30.6 Å². The van der Waals surface area contributed by atoms with Gasteiger partial charge in [-0.3, -0.25) is 4.79 Å². The summed E-state index contributed by atoms with van der Waals surface area (Å²) in [6.45, 7) is 3.74. The van der Waals surface area contributed by atoms with E-state index in [2.05, 4.69) is 0 Å². The molecule has 0 N–H and O–H groups in total. The molecule has 0 bridgehead atoms. The maximum absolute atomic E-state index is 12.1. The van der Waals surface area contributed by atoms with Gasteiger partial charge in [0.05, 0.1) is 18.6 Å². The number of benzene rings is 2. The van der Waals surface area contributed by atoms with E-state index >= 15 is 0 Å². The van der Waals surface area contributed by atoms with Gasteiger partial charge < -0.3 is 14.2 Å². The van der Waals surface area contributed by atoms with Gasteiger partial charge in [-0.15, -0.1) is 0 Å². The lowest BCUT2D eigenvalue weighted by Gasteiger charge is -2.09. The minimum atomic E-state index is -0.470. The van der Waals surface area contributed by atoms with E-state index in [0.29, 0.717) is 22.8 Å². The molecule has 0 saturated carbocycles. The molecule has 0 radical (unpaired) electrons. The van der Waals surface area contributed by atoms with Crippen LogP contribution in [0.5, 0.6) is 17.2 Å². The van der Waals surface area contributed by atoms with Crippen LogP contribution in [0.15, 0.2) is 48.5 Å². The number of methoxy groups -OCH3 is 1. The molecule has 0 aromatic heterocycles. The Hall–Kier alpha value is -2.82. The van der Waals surface area contributed by atoms with Gasteiger partial charge in [0.2, 0.25) is 0 Å². The predicted molar refractivity (Wildman–Crippen MR) is 89.5 cm³/mol. The molecule has 0 amide bonds. The molecule has 0 heterocycles. The first kappa shape index (κ1) is 17.5. The molecule has 1 unspecified atom stereocenters. The Labute approximate surface area is 141 Å². The fraction of sp³-hybridized carbons (Fsp3) is 0.263. The first-order valence-corrected chi connectivity index (χ1v) is 7.71. The lowest BCUT2D eigenvalue weighted by molar-refractivity contribution is -0.138. The first-order valence-electron chi connectivity index (χ1n) is 7.71. The van der Waals surface area contributed by atoms with Crippen LogP contribution in [-0.4, -0.2) is 19.0 Å². The van der Waals surface area contributed by atoms with Crippen molar-refractivity contribution in [3.05, 3.63) is 54.1 Å². The Balaban J connectivity index is 1.97. The molecule has 5 nitrogen and oxygen atoms in total. The number of carbonyl (C=O) groups is 2. The zero-order chi connectivity index (χ0) is 17.5. The number of ether oxygens (including phenoxy) is 3. The van der Waals surface area contributed by atoms with E-state index in [1.807, 2.05) is 13.8 Å². The molecule has 0 saturated heterocycles. The smallest absolute Gasteiger partial charge is 0.343 e. The maximum atomic E-state index is 12.1. The molecular weight excluding hydrogens is 308 g/mol. The maximum Gasteiger partial charge on any atom is 0.343 e. The summed E-state index contributed by atoms with van der Waals surface area (Å²) in [5.41, 5.74) is 0.420. The molecule has 0 aliphatic rings. The third-order valence-corrected chi connectivity index (χ3v) is 3.59. The van der Waals surface area contributed by atoms with Crippen LogP contribution in [0.3, 0.4) is 0 Å². The molecule has 5 heteroatoms. The summed E-state index contributed by atoms with van der Waals surface area (Å²) in [5.74, 6) is 0.558. The lowest BCUT2D eigenvalue weighted by atomic mass is 10.1. The number of esters is 2. The fourth-order valence-corrected chi connectivity index (χ4v) is 1.85. The average molecular weight is 328 g/mol. The zero-order valence-corrected chi connectivity index (χ0v) is 13.9. The molecule has 2 aromatic rings. The summed E-state index contributed by atoms with van der Waals surface area (Å²) in [6.07, 6.45) is 0.719. The standard InChI is InChI=1S/C19H20O5/c1-4-13(2)18(20)23-16-9-11-17(12-10-16)24-19(21)14-5-7-15(22-3)8-6-14/h5-13H,4H2,1-3H3. The molecule has 126 valence electrons. The highest BCUT2D eigenvalue weighted by Crippen LogP contribution is 2.20. The minimum absolute atomic E-state index is 0.155. The van der Waals surface area contributed by atoms with Crippen LogP contribution < -0.4 is 14.2 Å². The summed E-state index contributed by atoms with van der Waals surface area (Å²) < 4.78 is 15.6. The Morgan fingerprint density at radius 1 is 0.875 bits per heavy atom. The van der Waals surface area contributed by atoms with Crippen LogP contribution in [0.25, 0.3) is 0 Å². The zero-order valence-electron chi connectivity index (χ0n) is 13.9. The van der Waals surface area contributed by atoms with Crippen molar-refractivity contribution in [2.75, 3.05) is 7.11 Å². The molecule has 0 fully saturated rings. The van der Waals surface area contributed by atoms with E-state index in [9.17, 15) is 9.59 Å². The van der Waals surface area contributed by atoms with Crippen molar-refractivity contribution in [3.8, 4) is 17.2 Å². The molecular formula is C19H20O5. The third kappa shape index (κ3) is 4.59. The third-order valence-electron chi connectivity index (χ3n) is 3.59. The molecule has 0 spiro atoms. The Kier molecular flexibility index (Phi) is 5.95. The second-order valence-electron chi connectivity index (χ2n) is 5.32. The monoisotopic (exact) mass is 328 g/mol. The van der Waals surface area contributed by atoms with E-state index in [4.69, 9.17) is 14.2 Å². The Bertz CT molecular complexity index is 689. The summed E-state index contributed by atoms with van der Waals surface area (Å²) in [5, 5.41) is 0. The SMILES string of the molecule is CCC(C)C(=O)Oc1ccc(OC(=O)c2ccc(OC)cc2)cc1. The highest BCUT2D eigenvalue weighted by atomic mass is 16.5. The highest BCUT2D eigenvalue weighted by Gasteiger charge is 2.13. The summed E-state index contributed by atoms with van der Waals surface area (Å²) in [6, 6.07) is 13.0. The Morgan fingerprint density at radius 2 is 1.38 bits per heavy atom. The van der Waals surface area contributed by atoms with Crippen molar-refractivity contribution in [2.24, 2.45) is 5.92 Å². The molecule has 2 rings (SSSR count). The van der Waals surface area contributed by atoms with Crippen LogP contribution in [0.4, 0.5) is 0 Å². The number of hydrogen-bond acceptors (Lipinski definition) is 5. The summed E-state index contributed by atoms with van der Waals surface area (Å²) in [7, 11) is 1.56. The van der Waals surface area contributed by atoms with Crippen molar-refractivity contribution in [1.29, 1.82) is 0 Å². The highest BCUT2D eigenvalue weighted by molar-refractivity contribution is 5.91. The average Bonchev–Trinajstić information content (AvgIpc) is 2.62. The van der Waals surface area contributed by atoms with Gasteiger partial charge in [0, 0.05) is 0 Å². The predicted octanol–water partition coefficient (Wildman–Crippen LogP) is 3.87. The van der Waals surface area contributed by atoms with Gasteiger partial charge in [-0.1, -0.05) is 13.8 Å². The van der Waals surface area contributed by atoms with Gasteiger partial charge in [-0.25, -0.2) is 4.79 Å². The van der Waals surface area contributed by atoms with Gasteiger partial charge in [0.25, 0.3) is 0 Å². The van der Waals surface area contributed by atoms with E-state index in [-0.39, 0.29) is 11.9 Å². The van der Waals surface area contributed by atoms with E-state index in [1.165, 1.54) is 0 Å². The number of carbonyl (C=O) groups excluding carboxylic acids is 2. The van der Waals surface area contributed by atoms with Crippen molar-refractivity contribution in [2.45, 2.75) is 20.3 Å². The van der Waals surface area contributed by atoms with Crippen molar-refractivity contribution in [1.82, 2.24) is 0 Å². The molecule has 1 atom stereocenters. The van der Waals surface area contributed by atoms with Crippen molar-refractivity contribution >= 4 is 11.9 Å². The van der Waals surface area contributed by atoms with Gasteiger partial charge in [0.1, 0.15) is 17.2 Å². The first-order chi connectivity index (χ1) is 11.5. The number of rotatable bonds is 6. The molecule has 0 aliphatic carbocycles. The normalized spacial score (nSPS) is 11.5. The van der Waals surface area contributed by atoms with Crippen LogP contribution in [0, 0.1) is 5.92 Å². The van der Waals surface area contributed by atoms with E-state index in [1.54, 1.807) is 55.6 Å². The Morgan fingerprint density at radius 3 is 1.88 bits per heavy atom. The van der Waals surface area contributed by atoms with Crippen LogP contribution in [0.2, 0.25) is 0 Å². The largest absolute Gasteiger partial charge is 0.497 e. The molecule has 2 aromatic carbocycles. The summed E-state index contributed by atoms with van der Waals surface area (Å²) in [4.78, 5) is 23.8.